The first-order chi connectivity index (χ1) is 20.5. The summed E-state index contributed by atoms with van der Waals surface area (Å²) in [4.78, 5) is 20.7. The number of fused-ring (bicyclic) bond motifs is 2. The first kappa shape index (κ1) is 26.9. The van der Waals surface area contributed by atoms with E-state index in [9.17, 15) is 9.90 Å². The third-order valence-electron chi connectivity index (χ3n) is 10.2. The van der Waals surface area contributed by atoms with E-state index in [-0.39, 0.29) is 17.0 Å². The van der Waals surface area contributed by atoms with Crippen molar-refractivity contribution in [2.45, 2.75) is 70.1 Å². The van der Waals surface area contributed by atoms with Crippen molar-refractivity contribution in [3.8, 4) is 0 Å². The number of nitrogens with zero attached hydrogens (tertiary/aromatic N) is 2. The minimum absolute atomic E-state index is 0.0927. The summed E-state index contributed by atoms with van der Waals surface area (Å²) in [5.41, 5.74) is 6.77. The number of rotatable bonds is 8. The number of benzene rings is 2. The van der Waals surface area contributed by atoms with Crippen molar-refractivity contribution in [2.24, 2.45) is 16.8 Å². The number of hydrogen-bond donors (Lipinski definition) is 1. The summed E-state index contributed by atoms with van der Waals surface area (Å²) in [5.74, 6) is 1.27. The largest absolute Gasteiger partial charge is 0.506 e. The zero-order valence-corrected chi connectivity index (χ0v) is 24.6. The van der Waals surface area contributed by atoms with E-state index in [1.165, 1.54) is 43.4 Å². The van der Waals surface area contributed by atoms with Crippen LogP contribution in [0.1, 0.15) is 75.8 Å². The van der Waals surface area contributed by atoms with Crippen LogP contribution < -0.4 is 4.90 Å². The minimum atomic E-state index is -0.243. The highest BCUT2D eigenvalue weighted by atomic mass is 16.3. The molecule has 0 radical (unpaired) electrons. The van der Waals surface area contributed by atoms with Crippen molar-refractivity contribution in [1.82, 2.24) is 0 Å². The van der Waals surface area contributed by atoms with Gasteiger partial charge in [-0.15, -0.1) is 0 Å². The van der Waals surface area contributed by atoms with Crippen molar-refractivity contribution < 1.29 is 9.90 Å². The van der Waals surface area contributed by atoms with Gasteiger partial charge < -0.3 is 10.0 Å². The van der Waals surface area contributed by atoms with Gasteiger partial charge >= 0.3 is 0 Å². The Labute approximate surface area is 249 Å². The lowest BCUT2D eigenvalue weighted by molar-refractivity contribution is -0.113. The molecule has 1 N–H and O–H groups in total. The van der Waals surface area contributed by atoms with Crippen LogP contribution in [0.15, 0.2) is 107 Å². The van der Waals surface area contributed by atoms with Gasteiger partial charge in [-0.1, -0.05) is 99.2 Å². The van der Waals surface area contributed by atoms with Crippen LogP contribution in [0.2, 0.25) is 0 Å². The summed E-state index contributed by atoms with van der Waals surface area (Å²) in [6.07, 6.45) is 23.6. The number of aliphatic hydroxyl groups is 1. The van der Waals surface area contributed by atoms with Gasteiger partial charge in [0.05, 0.1) is 16.8 Å². The summed E-state index contributed by atoms with van der Waals surface area (Å²) in [5, 5.41) is 11.4. The second-order valence-corrected chi connectivity index (χ2v) is 12.8. The van der Waals surface area contributed by atoms with E-state index in [2.05, 4.69) is 65.4 Å². The number of allylic oxidation sites excluding steroid dienone is 9. The number of Topliss-reactive ketones (excluding diaryl/α,β-unsaturated/α-hetero) is 1. The Hall–Kier alpha value is -3.92. The van der Waals surface area contributed by atoms with E-state index >= 15 is 0 Å². The van der Waals surface area contributed by atoms with E-state index in [0.717, 1.165) is 60.7 Å². The number of anilines is 1. The molecule has 3 aliphatic carbocycles. The summed E-state index contributed by atoms with van der Waals surface area (Å²) < 4.78 is 0. The second kappa shape index (κ2) is 11.1. The van der Waals surface area contributed by atoms with E-state index in [1.54, 1.807) is 6.21 Å². The highest BCUT2D eigenvalue weighted by Gasteiger charge is 2.45. The van der Waals surface area contributed by atoms with Crippen molar-refractivity contribution in [3.63, 3.8) is 0 Å². The number of aliphatic imine (C=N–C) groups is 1. The average Bonchev–Trinajstić information content (AvgIpc) is 3.74. The fraction of sp³-hybridized carbons (Fsp3) is 0.368. The molecule has 5 aliphatic rings. The number of hydrogen-bond acceptors (Lipinski definition) is 4. The van der Waals surface area contributed by atoms with Gasteiger partial charge in [-0.3, -0.25) is 9.79 Å². The van der Waals surface area contributed by atoms with Gasteiger partial charge in [0.25, 0.3) is 0 Å². The zero-order chi connectivity index (χ0) is 28.7. The van der Waals surface area contributed by atoms with Crippen LogP contribution in [0.5, 0.6) is 0 Å². The van der Waals surface area contributed by atoms with Gasteiger partial charge in [-0.05, 0) is 61.8 Å². The second-order valence-electron chi connectivity index (χ2n) is 12.8. The number of aliphatic hydroxyl groups excluding tert-OH is 1. The highest BCUT2D eigenvalue weighted by molar-refractivity contribution is 6.33. The molecular formula is C38H40N2O2. The molecule has 2 heterocycles. The molecule has 214 valence electrons. The van der Waals surface area contributed by atoms with Crippen LogP contribution in [0.25, 0.3) is 5.57 Å². The minimum Gasteiger partial charge on any atom is -0.506 e. The Morgan fingerprint density at radius 3 is 2.57 bits per heavy atom. The molecule has 1 atom stereocenters. The molecule has 4 heteroatoms. The molecule has 2 aromatic carbocycles. The van der Waals surface area contributed by atoms with E-state index in [0.29, 0.717) is 17.1 Å². The molecule has 1 saturated carbocycles. The van der Waals surface area contributed by atoms with Crippen LogP contribution in [0.3, 0.4) is 0 Å². The smallest absolute Gasteiger partial charge is 0.201 e. The number of carbonyl (C=O) groups is 1. The third kappa shape index (κ3) is 4.62. The fourth-order valence-electron chi connectivity index (χ4n) is 7.79. The molecule has 4 nitrogen and oxygen atoms in total. The Balaban J connectivity index is 1.26. The topological polar surface area (TPSA) is 52.9 Å². The molecule has 1 unspecified atom stereocenters. The van der Waals surface area contributed by atoms with Gasteiger partial charge in [0.1, 0.15) is 5.76 Å². The molecule has 0 spiro atoms. The van der Waals surface area contributed by atoms with Crippen LogP contribution in [-0.4, -0.2) is 23.6 Å². The van der Waals surface area contributed by atoms with Crippen LogP contribution >= 0.6 is 0 Å². The lowest BCUT2D eigenvalue weighted by Gasteiger charge is -2.33. The summed E-state index contributed by atoms with van der Waals surface area (Å²) in [7, 11) is 0. The normalized spacial score (nSPS) is 26.1. The third-order valence-corrected chi connectivity index (χ3v) is 10.2. The molecule has 7 rings (SSSR count). The molecule has 0 bridgehead atoms. The van der Waals surface area contributed by atoms with Crippen molar-refractivity contribution in [2.75, 3.05) is 11.4 Å². The van der Waals surface area contributed by atoms with Gasteiger partial charge in [-0.25, -0.2) is 0 Å². The quantitative estimate of drug-likeness (QED) is 0.330. The highest BCUT2D eigenvalue weighted by Crippen LogP contribution is 2.52. The Bertz CT molecular complexity index is 1580. The van der Waals surface area contributed by atoms with Gasteiger partial charge in [0.15, 0.2) is 0 Å². The summed E-state index contributed by atoms with van der Waals surface area (Å²) >= 11 is 0. The SMILES string of the molecule is CC1(CCCC2C=CC=C2)C(=CC2=C(O)C(=C3C=Nc4ccccc43)C2=O)N(CCC2CCCCC2)c2ccccc21. The maximum absolute atomic E-state index is 13.7. The van der Waals surface area contributed by atoms with Crippen LogP contribution in [0, 0.1) is 11.8 Å². The predicted octanol–water partition coefficient (Wildman–Crippen LogP) is 9.10. The molecule has 42 heavy (non-hydrogen) atoms. The maximum atomic E-state index is 13.7. The van der Waals surface area contributed by atoms with Crippen LogP contribution in [-0.2, 0) is 10.2 Å². The van der Waals surface area contributed by atoms with Crippen molar-refractivity contribution >= 4 is 28.9 Å². The van der Waals surface area contributed by atoms with Gasteiger partial charge in [-0.2, -0.15) is 0 Å². The Kier molecular flexibility index (Phi) is 7.09. The zero-order valence-electron chi connectivity index (χ0n) is 24.6. The predicted molar refractivity (Wildman–Crippen MR) is 172 cm³/mol. The Morgan fingerprint density at radius 1 is 1.00 bits per heavy atom. The lowest BCUT2D eigenvalue weighted by Crippen LogP contribution is -2.32. The molecular weight excluding hydrogens is 516 g/mol. The number of ketones is 1. The lowest BCUT2D eigenvalue weighted by atomic mass is 9.74. The first-order valence-electron chi connectivity index (χ1n) is 15.8. The van der Waals surface area contributed by atoms with Crippen molar-refractivity contribution in [3.05, 3.63) is 113 Å². The van der Waals surface area contributed by atoms with E-state index < -0.39 is 0 Å². The number of para-hydroxylation sites is 2. The molecule has 0 aromatic heterocycles. The number of carbonyl (C=O) groups excluding carboxylic acids is 1. The monoisotopic (exact) mass is 556 g/mol. The molecule has 0 saturated heterocycles. The summed E-state index contributed by atoms with van der Waals surface area (Å²) in [6.45, 7) is 3.28. The average molecular weight is 557 g/mol. The maximum Gasteiger partial charge on any atom is 0.201 e. The molecule has 2 aromatic rings. The van der Waals surface area contributed by atoms with Gasteiger partial charge in [0, 0.05) is 40.7 Å². The van der Waals surface area contributed by atoms with E-state index in [4.69, 9.17) is 0 Å². The first-order valence-corrected chi connectivity index (χ1v) is 15.8. The fourth-order valence-corrected chi connectivity index (χ4v) is 7.79. The van der Waals surface area contributed by atoms with Gasteiger partial charge in [0.2, 0.25) is 5.78 Å². The van der Waals surface area contributed by atoms with Crippen molar-refractivity contribution in [1.29, 1.82) is 0 Å². The van der Waals surface area contributed by atoms with Crippen LogP contribution in [0.4, 0.5) is 11.4 Å². The van der Waals surface area contributed by atoms with E-state index in [1.807, 2.05) is 30.3 Å². The Morgan fingerprint density at radius 2 is 1.76 bits per heavy atom. The molecule has 0 amide bonds. The summed E-state index contributed by atoms with van der Waals surface area (Å²) in [6, 6.07) is 16.6. The molecule has 2 aliphatic heterocycles. The standard InChI is InChI=1S/C38H40N2O2/c1-38(22-11-16-26-14-5-6-15-26)31-18-8-10-20-33(31)40(23-21-27-12-3-2-4-13-27)34(38)24-29-36(41)35(37(29)42)30-25-39-32-19-9-7-17-28(30)32/h5-10,14-15,17-20,24-27,41H,2-4,11-13,16,21-23H2,1H3. The molecule has 1 fully saturated rings.